The zero-order valence-corrected chi connectivity index (χ0v) is 8.95. The molecule has 2 rings (SSSR count). The molecule has 4 nitrogen and oxygen atoms in total. The number of carbonyl (C=O) groups is 2. The maximum absolute atomic E-state index is 11.5. The Kier molecular flexibility index (Phi) is 2.64. The van der Waals surface area contributed by atoms with E-state index in [4.69, 9.17) is 5.11 Å². The van der Waals surface area contributed by atoms with Crippen molar-refractivity contribution in [2.24, 2.45) is 0 Å². The van der Waals surface area contributed by atoms with Gasteiger partial charge in [-0.05, 0) is 42.5 Å². The molecule has 4 heteroatoms. The lowest BCUT2D eigenvalue weighted by Gasteiger charge is -2.08. The lowest BCUT2D eigenvalue weighted by molar-refractivity contribution is 0.0597. The molecule has 0 saturated heterocycles. The molecule has 0 unspecified atom stereocenters. The van der Waals surface area contributed by atoms with Gasteiger partial charge in [0.1, 0.15) is 0 Å². The van der Waals surface area contributed by atoms with Crippen LogP contribution in [0.1, 0.15) is 38.3 Å². The third-order valence-electron chi connectivity index (χ3n) is 2.92. The van der Waals surface area contributed by atoms with E-state index in [0.717, 1.165) is 30.4 Å². The van der Waals surface area contributed by atoms with E-state index < -0.39 is 11.9 Å². The SMILES string of the molecule is COC(=O)c1ccc(C(=O)O)c2c1CCC2. The molecule has 1 aromatic rings. The Morgan fingerprint density at radius 2 is 1.75 bits per heavy atom. The first kappa shape index (κ1) is 10.7. The zero-order valence-electron chi connectivity index (χ0n) is 8.95. The van der Waals surface area contributed by atoms with E-state index in [0.29, 0.717) is 11.1 Å². The third-order valence-corrected chi connectivity index (χ3v) is 2.92. The number of hydrogen-bond acceptors (Lipinski definition) is 3. The summed E-state index contributed by atoms with van der Waals surface area (Å²) < 4.78 is 4.68. The Balaban J connectivity index is 2.57. The topological polar surface area (TPSA) is 63.6 Å². The highest BCUT2D eigenvalue weighted by molar-refractivity contribution is 5.96. The molecule has 0 spiro atoms. The molecule has 0 radical (unpaired) electrons. The van der Waals surface area contributed by atoms with Crippen LogP contribution in [0.25, 0.3) is 0 Å². The molecule has 0 amide bonds. The van der Waals surface area contributed by atoms with Crippen LogP contribution in [-0.4, -0.2) is 24.2 Å². The molecule has 84 valence electrons. The van der Waals surface area contributed by atoms with Gasteiger partial charge in [0, 0.05) is 0 Å². The second-order valence-electron chi connectivity index (χ2n) is 3.77. The molecule has 0 aliphatic heterocycles. The number of carboxylic acid groups (broad SMARTS) is 1. The quantitative estimate of drug-likeness (QED) is 0.770. The Morgan fingerprint density at radius 3 is 2.31 bits per heavy atom. The van der Waals surface area contributed by atoms with Crippen molar-refractivity contribution in [2.75, 3.05) is 7.11 Å². The number of aromatic carboxylic acids is 1. The fourth-order valence-corrected chi connectivity index (χ4v) is 2.21. The molecule has 16 heavy (non-hydrogen) atoms. The van der Waals surface area contributed by atoms with E-state index in [1.807, 2.05) is 0 Å². The van der Waals surface area contributed by atoms with E-state index in [1.54, 1.807) is 6.07 Å². The summed E-state index contributed by atoms with van der Waals surface area (Å²) in [7, 11) is 1.33. The first-order valence-corrected chi connectivity index (χ1v) is 5.11. The van der Waals surface area contributed by atoms with Crippen molar-refractivity contribution in [3.05, 3.63) is 34.4 Å². The van der Waals surface area contributed by atoms with Gasteiger partial charge in [0.15, 0.2) is 0 Å². The van der Waals surface area contributed by atoms with E-state index in [9.17, 15) is 9.59 Å². The second-order valence-corrected chi connectivity index (χ2v) is 3.77. The van der Waals surface area contributed by atoms with Gasteiger partial charge in [-0.1, -0.05) is 0 Å². The first-order valence-electron chi connectivity index (χ1n) is 5.11. The number of fused-ring (bicyclic) bond motifs is 1. The number of rotatable bonds is 2. The minimum Gasteiger partial charge on any atom is -0.478 e. The van der Waals surface area contributed by atoms with Crippen molar-refractivity contribution >= 4 is 11.9 Å². The highest BCUT2D eigenvalue weighted by Gasteiger charge is 2.24. The van der Waals surface area contributed by atoms with E-state index in [1.165, 1.54) is 13.2 Å². The van der Waals surface area contributed by atoms with Gasteiger partial charge in [0.25, 0.3) is 0 Å². The van der Waals surface area contributed by atoms with Crippen molar-refractivity contribution in [3.8, 4) is 0 Å². The predicted molar refractivity (Wildman–Crippen MR) is 56.8 cm³/mol. The normalized spacial score (nSPS) is 13.3. The number of hydrogen-bond donors (Lipinski definition) is 1. The molecule has 0 heterocycles. The maximum atomic E-state index is 11.5. The number of ether oxygens (including phenoxy) is 1. The van der Waals surface area contributed by atoms with Crippen LogP contribution in [0.4, 0.5) is 0 Å². The van der Waals surface area contributed by atoms with Crippen LogP contribution in [0.15, 0.2) is 12.1 Å². The van der Waals surface area contributed by atoms with Crippen molar-refractivity contribution in [3.63, 3.8) is 0 Å². The van der Waals surface area contributed by atoms with Gasteiger partial charge in [-0.3, -0.25) is 0 Å². The summed E-state index contributed by atoms with van der Waals surface area (Å²) in [5.74, 6) is -1.33. The van der Waals surface area contributed by atoms with Crippen LogP contribution >= 0.6 is 0 Å². The van der Waals surface area contributed by atoms with E-state index in [2.05, 4.69) is 4.74 Å². The second kappa shape index (κ2) is 3.96. The summed E-state index contributed by atoms with van der Waals surface area (Å²) in [4.78, 5) is 22.5. The highest BCUT2D eigenvalue weighted by atomic mass is 16.5. The molecule has 1 aliphatic rings. The summed E-state index contributed by atoms with van der Waals surface area (Å²) in [5, 5.41) is 9.02. The van der Waals surface area contributed by atoms with Gasteiger partial charge in [0.2, 0.25) is 0 Å². The van der Waals surface area contributed by atoms with Crippen molar-refractivity contribution in [1.82, 2.24) is 0 Å². The maximum Gasteiger partial charge on any atom is 0.338 e. The average molecular weight is 220 g/mol. The van der Waals surface area contributed by atoms with E-state index in [-0.39, 0.29) is 0 Å². The molecule has 1 aliphatic carbocycles. The smallest absolute Gasteiger partial charge is 0.338 e. The molecule has 0 saturated carbocycles. The summed E-state index contributed by atoms with van der Waals surface area (Å²) in [5.41, 5.74) is 2.43. The fraction of sp³-hybridized carbons (Fsp3) is 0.333. The molecule has 1 N–H and O–H groups in total. The lowest BCUT2D eigenvalue weighted by Crippen LogP contribution is -2.09. The van der Waals surface area contributed by atoms with Crippen LogP contribution in [-0.2, 0) is 17.6 Å². The van der Waals surface area contributed by atoms with Crippen LogP contribution in [0, 0.1) is 0 Å². The first-order chi connectivity index (χ1) is 7.65. The Labute approximate surface area is 92.8 Å². The van der Waals surface area contributed by atoms with Gasteiger partial charge >= 0.3 is 11.9 Å². The monoisotopic (exact) mass is 220 g/mol. The molecule has 1 aromatic carbocycles. The number of carboxylic acids is 1. The molecule has 0 atom stereocenters. The van der Waals surface area contributed by atoms with Crippen LogP contribution in [0.3, 0.4) is 0 Å². The van der Waals surface area contributed by atoms with Crippen LogP contribution < -0.4 is 0 Å². The standard InChI is InChI=1S/C12H12O4/c1-16-12(15)10-6-5-9(11(13)14)7-3-2-4-8(7)10/h5-6H,2-4H2,1H3,(H,13,14). The lowest BCUT2D eigenvalue weighted by atomic mass is 9.98. The Hall–Kier alpha value is -1.84. The largest absolute Gasteiger partial charge is 0.478 e. The molecule has 0 aromatic heterocycles. The van der Waals surface area contributed by atoms with Crippen molar-refractivity contribution < 1.29 is 19.4 Å². The van der Waals surface area contributed by atoms with Crippen molar-refractivity contribution in [1.29, 1.82) is 0 Å². The molecule has 0 bridgehead atoms. The average Bonchev–Trinajstić information content (AvgIpc) is 2.75. The number of esters is 1. The molecular formula is C12H12O4. The highest BCUT2D eigenvalue weighted by Crippen LogP contribution is 2.29. The van der Waals surface area contributed by atoms with Crippen molar-refractivity contribution in [2.45, 2.75) is 19.3 Å². The van der Waals surface area contributed by atoms with Gasteiger partial charge < -0.3 is 9.84 Å². The number of carbonyl (C=O) groups excluding carboxylic acids is 1. The minimum atomic E-state index is -0.936. The minimum absolute atomic E-state index is 0.306. The predicted octanol–water partition coefficient (Wildman–Crippen LogP) is 1.66. The van der Waals surface area contributed by atoms with Crippen LogP contribution in [0.5, 0.6) is 0 Å². The summed E-state index contributed by atoms with van der Waals surface area (Å²) in [6, 6.07) is 3.03. The fourth-order valence-electron chi connectivity index (χ4n) is 2.21. The summed E-state index contributed by atoms with van der Waals surface area (Å²) in [6.07, 6.45) is 2.37. The number of methoxy groups -OCH3 is 1. The molecule has 0 fully saturated rings. The molecular weight excluding hydrogens is 208 g/mol. The summed E-state index contributed by atoms with van der Waals surface area (Å²) in [6.45, 7) is 0. The van der Waals surface area contributed by atoms with Gasteiger partial charge in [-0.25, -0.2) is 9.59 Å². The van der Waals surface area contributed by atoms with Gasteiger partial charge in [-0.15, -0.1) is 0 Å². The van der Waals surface area contributed by atoms with Gasteiger partial charge in [-0.2, -0.15) is 0 Å². The Morgan fingerprint density at radius 1 is 1.19 bits per heavy atom. The van der Waals surface area contributed by atoms with Gasteiger partial charge in [0.05, 0.1) is 18.2 Å². The van der Waals surface area contributed by atoms with Crippen LogP contribution in [0.2, 0.25) is 0 Å². The number of benzene rings is 1. The van der Waals surface area contributed by atoms with E-state index >= 15 is 0 Å². The zero-order chi connectivity index (χ0) is 11.7. The Bertz CT molecular complexity index is 462. The summed E-state index contributed by atoms with van der Waals surface area (Å²) >= 11 is 0. The third kappa shape index (κ3) is 1.56.